The molecule has 0 spiro atoms. The molecular formula is C6H6MnO. The van der Waals surface area contributed by atoms with Crippen molar-refractivity contribution in [2.45, 2.75) is 0 Å². The summed E-state index contributed by atoms with van der Waals surface area (Å²) in [4.78, 5) is 9.90. The van der Waals surface area contributed by atoms with Crippen LogP contribution in [0.2, 0.25) is 0 Å². The average molecular weight is 149 g/mol. The summed E-state index contributed by atoms with van der Waals surface area (Å²) in [5.41, 5.74) is 0. The van der Waals surface area contributed by atoms with Gasteiger partial charge >= 0.3 is 0 Å². The minimum Gasteiger partial charge on any atom is -0.302 e. The van der Waals surface area contributed by atoms with E-state index >= 15 is 0 Å². The molecule has 0 aromatic rings. The van der Waals surface area contributed by atoms with Crippen molar-refractivity contribution in [3.8, 4) is 0 Å². The maximum atomic E-state index is 9.90. The van der Waals surface area contributed by atoms with Crippen LogP contribution in [0.5, 0.6) is 0 Å². The van der Waals surface area contributed by atoms with Gasteiger partial charge in [-0.25, -0.2) is 0 Å². The summed E-state index contributed by atoms with van der Waals surface area (Å²) in [7, 11) is 0. The first-order chi connectivity index (χ1) is 3.43. The molecule has 43 valence electrons. The van der Waals surface area contributed by atoms with Crippen LogP contribution in [0.25, 0.3) is 0 Å². The number of carbonyl (C=O) groups excluding carboxylic acids is 1. The van der Waals surface area contributed by atoms with Crippen LogP contribution >= 0.6 is 0 Å². The molecule has 0 aliphatic heterocycles. The second kappa shape index (κ2) is 3.64. The predicted molar refractivity (Wildman–Crippen MR) is 27.8 cm³/mol. The normalized spacial score (nSPS) is 16.0. The summed E-state index contributed by atoms with van der Waals surface area (Å²) in [5, 5.41) is 0. The predicted octanol–water partition coefficient (Wildman–Crippen LogP) is 0.925. The van der Waals surface area contributed by atoms with Gasteiger partial charge in [0.2, 0.25) is 0 Å². The van der Waals surface area contributed by atoms with Crippen molar-refractivity contribution in [1.82, 2.24) is 0 Å². The molecule has 1 aliphatic carbocycles. The Balaban J connectivity index is 0.000000490. The molecule has 1 nitrogen and oxygen atoms in total. The summed E-state index contributed by atoms with van der Waals surface area (Å²) in [5.74, 6) is 0.0556. The van der Waals surface area contributed by atoms with E-state index in [0.717, 1.165) is 6.29 Å². The Morgan fingerprint density at radius 1 is 1.25 bits per heavy atom. The Bertz CT molecular complexity index is 114. The summed E-state index contributed by atoms with van der Waals surface area (Å²) in [6.07, 6.45) is 8.37. The van der Waals surface area contributed by atoms with E-state index in [1.54, 1.807) is 0 Å². The van der Waals surface area contributed by atoms with Crippen molar-refractivity contribution < 1.29 is 21.9 Å². The SMILES string of the molecule is O=CC1C=CC=C1.[Mn]. The van der Waals surface area contributed by atoms with Crippen LogP contribution in [0.1, 0.15) is 0 Å². The van der Waals surface area contributed by atoms with Crippen molar-refractivity contribution in [3.05, 3.63) is 24.3 Å². The molecule has 0 aromatic heterocycles. The van der Waals surface area contributed by atoms with Crippen LogP contribution in [0.4, 0.5) is 0 Å². The average Bonchev–Trinajstić information content (AvgIpc) is 2.14. The van der Waals surface area contributed by atoms with Gasteiger partial charge in [0.25, 0.3) is 0 Å². The van der Waals surface area contributed by atoms with Crippen LogP contribution in [0.3, 0.4) is 0 Å². The van der Waals surface area contributed by atoms with E-state index in [4.69, 9.17) is 0 Å². The van der Waals surface area contributed by atoms with Crippen LogP contribution in [-0.4, -0.2) is 6.29 Å². The number of hydrogen-bond donors (Lipinski definition) is 0. The molecule has 0 unspecified atom stereocenters. The summed E-state index contributed by atoms with van der Waals surface area (Å²) >= 11 is 0. The van der Waals surface area contributed by atoms with Gasteiger partial charge < -0.3 is 4.79 Å². The van der Waals surface area contributed by atoms with Gasteiger partial charge in [0.05, 0.1) is 5.92 Å². The van der Waals surface area contributed by atoms with Crippen molar-refractivity contribution in [2.75, 3.05) is 0 Å². The summed E-state index contributed by atoms with van der Waals surface area (Å²) in [6, 6.07) is 0. The summed E-state index contributed by atoms with van der Waals surface area (Å²) in [6.45, 7) is 0. The Morgan fingerprint density at radius 3 is 2.00 bits per heavy atom. The van der Waals surface area contributed by atoms with Crippen molar-refractivity contribution in [1.29, 1.82) is 0 Å². The molecular weight excluding hydrogens is 143 g/mol. The van der Waals surface area contributed by atoms with Gasteiger partial charge in [0.15, 0.2) is 0 Å². The van der Waals surface area contributed by atoms with E-state index in [2.05, 4.69) is 0 Å². The van der Waals surface area contributed by atoms with Gasteiger partial charge in [0, 0.05) is 17.1 Å². The smallest absolute Gasteiger partial charge is 0.130 e. The molecule has 0 N–H and O–H groups in total. The quantitative estimate of drug-likeness (QED) is 0.400. The van der Waals surface area contributed by atoms with E-state index in [1.165, 1.54) is 0 Å². The van der Waals surface area contributed by atoms with E-state index in [9.17, 15) is 4.79 Å². The molecule has 0 fully saturated rings. The number of carbonyl (C=O) groups is 1. The number of aldehydes is 1. The van der Waals surface area contributed by atoms with Gasteiger partial charge in [-0.05, 0) is 0 Å². The molecule has 0 saturated heterocycles. The van der Waals surface area contributed by atoms with E-state index < -0.39 is 0 Å². The fourth-order valence-corrected chi connectivity index (χ4v) is 0.540. The Morgan fingerprint density at radius 2 is 1.75 bits per heavy atom. The third-order valence-corrected chi connectivity index (χ3v) is 0.935. The van der Waals surface area contributed by atoms with Gasteiger partial charge in [0.1, 0.15) is 6.29 Å². The molecule has 0 heterocycles. The maximum absolute atomic E-state index is 9.90. The van der Waals surface area contributed by atoms with E-state index in [-0.39, 0.29) is 23.0 Å². The second-order valence-corrected chi connectivity index (χ2v) is 1.48. The largest absolute Gasteiger partial charge is 0.302 e. The Hall–Kier alpha value is -0.331. The van der Waals surface area contributed by atoms with Crippen molar-refractivity contribution in [2.24, 2.45) is 5.92 Å². The maximum Gasteiger partial charge on any atom is 0.130 e. The summed E-state index contributed by atoms with van der Waals surface area (Å²) < 4.78 is 0. The molecule has 0 bridgehead atoms. The van der Waals surface area contributed by atoms with E-state index in [1.807, 2.05) is 24.3 Å². The third-order valence-electron chi connectivity index (χ3n) is 0.935. The number of allylic oxidation sites excluding steroid dienone is 4. The minimum absolute atomic E-state index is 0. The van der Waals surface area contributed by atoms with Gasteiger partial charge in [-0.1, -0.05) is 24.3 Å². The molecule has 1 aliphatic rings. The van der Waals surface area contributed by atoms with Crippen molar-refractivity contribution in [3.63, 3.8) is 0 Å². The van der Waals surface area contributed by atoms with Gasteiger partial charge in [-0.3, -0.25) is 0 Å². The molecule has 0 atom stereocenters. The van der Waals surface area contributed by atoms with Gasteiger partial charge in [-0.2, -0.15) is 0 Å². The monoisotopic (exact) mass is 149 g/mol. The third kappa shape index (κ3) is 1.64. The van der Waals surface area contributed by atoms with Gasteiger partial charge in [-0.15, -0.1) is 0 Å². The fraction of sp³-hybridized carbons (Fsp3) is 0.167. The minimum atomic E-state index is 0. The number of hydrogen-bond acceptors (Lipinski definition) is 1. The van der Waals surface area contributed by atoms with Crippen molar-refractivity contribution >= 4 is 6.29 Å². The first kappa shape index (κ1) is 7.67. The first-order valence-corrected chi connectivity index (χ1v) is 2.24. The molecule has 0 saturated carbocycles. The molecule has 0 aromatic carbocycles. The Labute approximate surface area is 58.9 Å². The van der Waals surface area contributed by atoms with Crippen LogP contribution in [0.15, 0.2) is 24.3 Å². The molecule has 8 heavy (non-hydrogen) atoms. The second-order valence-electron chi connectivity index (χ2n) is 1.48. The van der Waals surface area contributed by atoms with Crippen LogP contribution in [-0.2, 0) is 21.9 Å². The molecule has 1 rings (SSSR count). The van der Waals surface area contributed by atoms with E-state index in [0.29, 0.717) is 0 Å². The molecule has 1 radical (unpaired) electrons. The standard InChI is InChI=1S/C6H6O.Mn/c7-5-6-3-1-2-4-6;/h1-6H;. The first-order valence-electron chi connectivity index (χ1n) is 2.24. The Kier molecular flexibility index (Phi) is 3.49. The topological polar surface area (TPSA) is 17.1 Å². The zero-order chi connectivity index (χ0) is 5.11. The molecule has 2 heteroatoms. The fourth-order valence-electron chi connectivity index (χ4n) is 0.540. The molecule has 0 amide bonds. The zero-order valence-corrected chi connectivity index (χ0v) is 5.43. The van der Waals surface area contributed by atoms with Crippen LogP contribution < -0.4 is 0 Å². The number of rotatable bonds is 1. The zero-order valence-electron chi connectivity index (χ0n) is 4.25. The van der Waals surface area contributed by atoms with Crippen LogP contribution in [0, 0.1) is 5.92 Å².